The molecular formula is C18H24ClNS. The van der Waals surface area contributed by atoms with E-state index in [1.165, 1.54) is 11.1 Å². The Balaban J connectivity index is 1.98. The molecule has 1 nitrogen and oxygen atoms in total. The van der Waals surface area contributed by atoms with Crippen molar-refractivity contribution in [1.82, 2.24) is 5.32 Å². The summed E-state index contributed by atoms with van der Waals surface area (Å²) < 4.78 is 0. The van der Waals surface area contributed by atoms with Crippen LogP contribution in [-0.2, 0) is 12.8 Å². The summed E-state index contributed by atoms with van der Waals surface area (Å²) in [5.41, 5.74) is 2.69. The molecule has 3 heteroatoms. The Morgan fingerprint density at radius 3 is 2.57 bits per heavy atom. The molecule has 114 valence electrons. The highest BCUT2D eigenvalue weighted by Gasteiger charge is 2.13. The van der Waals surface area contributed by atoms with Gasteiger partial charge in [0.2, 0.25) is 0 Å². The van der Waals surface area contributed by atoms with Crippen LogP contribution in [0.4, 0.5) is 0 Å². The maximum Gasteiger partial charge on any atom is 0.0438 e. The molecule has 21 heavy (non-hydrogen) atoms. The molecule has 0 bridgehead atoms. The molecule has 2 aromatic rings. The number of nitrogens with one attached hydrogen (secondary N) is 1. The van der Waals surface area contributed by atoms with Gasteiger partial charge in [0.15, 0.2) is 0 Å². The van der Waals surface area contributed by atoms with Gasteiger partial charge in [0, 0.05) is 5.02 Å². The van der Waals surface area contributed by atoms with Crippen molar-refractivity contribution in [3.8, 4) is 0 Å². The van der Waals surface area contributed by atoms with Gasteiger partial charge < -0.3 is 5.32 Å². The first-order valence-corrected chi connectivity index (χ1v) is 8.92. The fourth-order valence-electron chi connectivity index (χ4n) is 2.51. The number of benzene rings is 1. The summed E-state index contributed by atoms with van der Waals surface area (Å²) in [6.07, 6.45) is 2.14. The fourth-order valence-corrected chi connectivity index (χ4v) is 3.40. The van der Waals surface area contributed by atoms with Crippen LogP contribution in [-0.4, -0.2) is 13.1 Å². The molecule has 2 rings (SSSR count). The average molecular weight is 322 g/mol. The molecule has 1 N–H and O–H groups in total. The van der Waals surface area contributed by atoms with Crippen LogP contribution in [0, 0.1) is 11.8 Å². The maximum absolute atomic E-state index is 6.32. The zero-order chi connectivity index (χ0) is 15.1. The summed E-state index contributed by atoms with van der Waals surface area (Å²) in [7, 11) is 0. The van der Waals surface area contributed by atoms with E-state index in [1.54, 1.807) is 11.3 Å². The molecule has 0 aliphatic carbocycles. The number of halogens is 1. The van der Waals surface area contributed by atoms with Crippen molar-refractivity contribution in [3.63, 3.8) is 0 Å². The number of rotatable bonds is 8. The zero-order valence-electron chi connectivity index (χ0n) is 12.8. The number of hydrogen-bond acceptors (Lipinski definition) is 2. The van der Waals surface area contributed by atoms with Gasteiger partial charge in [0.05, 0.1) is 0 Å². The first kappa shape index (κ1) is 16.5. The SMILES string of the molecule is CC(C)CNCC(Cc1ccsc1)Cc1ccccc1Cl. The van der Waals surface area contributed by atoms with E-state index in [2.05, 4.69) is 48.1 Å². The molecule has 0 saturated carbocycles. The second kappa shape index (κ2) is 8.57. The summed E-state index contributed by atoms with van der Waals surface area (Å²) in [6.45, 7) is 6.60. The van der Waals surface area contributed by atoms with Gasteiger partial charge in [-0.25, -0.2) is 0 Å². The Morgan fingerprint density at radius 2 is 1.90 bits per heavy atom. The van der Waals surface area contributed by atoms with Crippen molar-refractivity contribution in [1.29, 1.82) is 0 Å². The molecular weight excluding hydrogens is 298 g/mol. The van der Waals surface area contributed by atoms with Crippen LogP contribution in [0.2, 0.25) is 5.02 Å². The molecule has 1 aromatic heterocycles. The van der Waals surface area contributed by atoms with Gasteiger partial charge in [-0.3, -0.25) is 0 Å². The first-order chi connectivity index (χ1) is 10.1. The minimum Gasteiger partial charge on any atom is -0.316 e. The first-order valence-electron chi connectivity index (χ1n) is 7.60. The van der Waals surface area contributed by atoms with Crippen LogP contribution in [0.3, 0.4) is 0 Å². The predicted molar refractivity (Wildman–Crippen MR) is 94.4 cm³/mol. The normalized spacial score (nSPS) is 12.8. The summed E-state index contributed by atoms with van der Waals surface area (Å²) in [6, 6.07) is 10.4. The van der Waals surface area contributed by atoms with Crippen molar-refractivity contribution in [2.24, 2.45) is 11.8 Å². The standard InChI is InChI=1S/C18H24ClNS/c1-14(2)11-20-12-16(9-15-7-8-21-13-15)10-17-5-3-4-6-18(17)19/h3-8,13-14,16,20H,9-12H2,1-2H3. The third kappa shape index (κ3) is 5.82. The van der Waals surface area contributed by atoms with Crippen molar-refractivity contribution in [2.45, 2.75) is 26.7 Å². The highest BCUT2D eigenvalue weighted by molar-refractivity contribution is 7.07. The Labute approximate surface area is 137 Å². The molecule has 0 aliphatic heterocycles. The molecule has 1 aromatic carbocycles. The van der Waals surface area contributed by atoms with E-state index in [0.29, 0.717) is 11.8 Å². The highest BCUT2D eigenvalue weighted by atomic mass is 35.5. The molecule has 0 radical (unpaired) electrons. The zero-order valence-corrected chi connectivity index (χ0v) is 14.4. The predicted octanol–water partition coefficient (Wildman–Crippen LogP) is 5.05. The van der Waals surface area contributed by atoms with Crippen molar-refractivity contribution in [2.75, 3.05) is 13.1 Å². The summed E-state index contributed by atoms with van der Waals surface area (Å²) >= 11 is 8.09. The van der Waals surface area contributed by atoms with E-state index in [0.717, 1.165) is 31.0 Å². The lowest BCUT2D eigenvalue weighted by atomic mass is 9.93. The Kier molecular flexibility index (Phi) is 6.75. The highest BCUT2D eigenvalue weighted by Crippen LogP contribution is 2.21. The lowest BCUT2D eigenvalue weighted by molar-refractivity contribution is 0.446. The van der Waals surface area contributed by atoms with E-state index >= 15 is 0 Å². The average Bonchev–Trinajstić information content (AvgIpc) is 2.93. The quantitative estimate of drug-likeness (QED) is 0.717. The topological polar surface area (TPSA) is 12.0 Å². The molecule has 0 aliphatic rings. The van der Waals surface area contributed by atoms with Crippen LogP contribution in [0.15, 0.2) is 41.1 Å². The Morgan fingerprint density at radius 1 is 1.10 bits per heavy atom. The number of hydrogen-bond donors (Lipinski definition) is 1. The second-order valence-corrected chi connectivity index (χ2v) is 7.24. The van der Waals surface area contributed by atoms with Gasteiger partial charge >= 0.3 is 0 Å². The minimum absolute atomic E-state index is 0.582. The third-order valence-corrected chi connectivity index (χ3v) is 4.66. The molecule has 1 heterocycles. The van der Waals surface area contributed by atoms with Crippen LogP contribution in [0.25, 0.3) is 0 Å². The van der Waals surface area contributed by atoms with Gasteiger partial charge in [0.1, 0.15) is 0 Å². The number of thiophene rings is 1. The molecule has 0 spiro atoms. The van der Waals surface area contributed by atoms with Crippen LogP contribution < -0.4 is 5.32 Å². The van der Waals surface area contributed by atoms with Gasteiger partial charge in [-0.15, -0.1) is 0 Å². The monoisotopic (exact) mass is 321 g/mol. The molecule has 1 atom stereocenters. The third-order valence-electron chi connectivity index (χ3n) is 3.56. The molecule has 1 unspecified atom stereocenters. The van der Waals surface area contributed by atoms with E-state index in [4.69, 9.17) is 11.6 Å². The largest absolute Gasteiger partial charge is 0.316 e. The van der Waals surface area contributed by atoms with E-state index in [-0.39, 0.29) is 0 Å². The van der Waals surface area contributed by atoms with Gasteiger partial charge in [-0.1, -0.05) is 43.6 Å². The van der Waals surface area contributed by atoms with Crippen LogP contribution >= 0.6 is 22.9 Å². The van der Waals surface area contributed by atoms with Crippen molar-refractivity contribution in [3.05, 3.63) is 57.2 Å². The van der Waals surface area contributed by atoms with E-state index in [1.807, 2.05) is 12.1 Å². The lowest BCUT2D eigenvalue weighted by Crippen LogP contribution is -2.28. The van der Waals surface area contributed by atoms with Gasteiger partial charge in [0.25, 0.3) is 0 Å². The Hall–Kier alpha value is -0.830. The second-order valence-electron chi connectivity index (χ2n) is 6.05. The van der Waals surface area contributed by atoms with Crippen LogP contribution in [0.1, 0.15) is 25.0 Å². The Bertz CT molecular complexity index is 522. The van der Waals surface area contributed by atoms with Gasteiger partial charge in [-0.05, 0) is 71.8 Å². The van der Waals surface area contributed by atoms with E-state index < -0.39 is 0 Å². The fraction of sp³-hybridized carbons (Fsp3) is 0.444. The summed E-state index contributed by atoms with van der Waals surface area (Å²) in [4.78, 5) is 0. The van der Waals surface area contributed by atoms with Gasteiger partial charge in [-0.2, -0.15) is 11.3 Å². The van der Waals surface area contributed by atoms with E-state index in [9.17, 15) is 0 Å². The molecule has 0 saturated heterocycles. The lowest BCUT2D eigenvalue weighted by Gasteiger charge is -2.19. The van der Waals surface area contributed by atoms with Crippen molar-refractivity contribution < 1.29 is 0 Å². The minimum atomic E-state index is 0.582. The summed E-state index contributed by atoms with van der Waals surface area (Å²) in [5.74, 6) is 1.27. The molecule has 0 fully saturated rings. The van der Waals surface area contributed by atoms with Crippen molar-refractivity contribution >= 4 is 22.9 Å². The van der Waals surface area contributed by atoms with Crippen LogP contribution in [0.5, 0.6) is 0 Å². The summed E-state index contributed by atoms with van der Waals surface area (Å²) in [5, 5.41) is 8.89. The molecule has 0 amide bonds. The smallest absolute Gasteiger partial charge is 0.0438 e. The maximum atomic E-state index is 6.32.